The number of carbonyl (C=O) groups excluding carboxylic acids is 2. The van der Waals surface area contributed by atoms with Crippen LogP contribution in [-0.4, -0.2) is 37.0 Å². The Morgan fingerprint density at radius 2 is 1.44 bits per heavy atom. The minimum Gasteiger partial charge on any atom is -0.355 e. The lowest BCUT2D eigenvalue weighted by Crippen LogP contribution is -2.55. The first-order valence-electron chi connectivity index (χ1n) is 6.09. The van der Waals surface area contributed by atoms with Gasteiger partial charge in [0, 0.05) is 13.1 Å². The molecule has 0 radical (unpaired) electrons. The first-order valence-corrected chi connectivity index (χ1v) is 6.09. The van der Waals surface area contributed by atoms with E-state index >= 15 is 0 Å². The van der Waals surface area contributed by atoms with Gasteiger partial charge in [-0.2, -0.15) is 0 Å². The summed E-state index contributed by atoms with van der Waals surface area (Å²) >= 11 is 0. The van der Waals surface area contributed by atoms with Gasteiger partial charge in [0.1, 0.15) is 0 Å². The van der Waals surface area contributed by atoms with Crippen molar-refractivity contribution in [1.29, 1.82) is 0 Å². The van der Waals surface area contributed by atoms with Gasteiger partial charge in [0.25, 0.3) is 0 Å². The van der Waals surface area contributed by atoms with Crippen LogP contribution in [0.15, 0.2) is 0 Å². The predicted molar refractivity (Wildman–Crippen MR) is 59.8 cm³/mol. The van der Waals surface area contributed by atoms with Crippen LogP contribution in [0.3, 0.4) is 0 Å². The van der Waals surface area contributed by atoms with E-state index in [0.29, 0.717) is 0 Å². The van der Waals surface area contributed by atoms with Gasteiger partial charge in [0.05, 0.1) is 12.1 Å². The molecule has 0 bridgehead atoms. The van der Waals surface area contributed by atoms with Crippen molar-refractivity contribution in [2.45, 2.75) is 44.2 Å². The summed E-state index contributed by atoms with van der Waals surface area (Å²) in [6.45, 7) is 1.52. The van der Waals surface area contributed by atoms with Gasteiger partial charge in [-0.1, -0.05) is 0 Å². The van der Waals surface area contributed by atoms with Crippen LogP contribution >= 0.6 is 0 Å². The Morgan fingerprint density at radius 1 is 0.875 bits per heavy atom. The van der Waals surface area contributed by atoms with E-state index in [-0.39, 0.29) is 23.9 Å². The van der Waals surface area contributed by atoms with Crippen molar-refractivity contribution < 1.29 is 9.59 Å². The van der Waals surface area contributed by atoms with Crippen LogP contribution in [0.5, 0.6) is 0 Å². The van der Waals surface area contributed by atoms with E-state index in [1.54, 1.807) is 0 Å². The molecule has 16 heavy (non-hydrogen) atoms. The van der Waals surface area contributed by atoms with Gasteiger partial charge in [-0.25, -0.2) is 0 Å². The Morgan fingerprint density at radius 3 is 2.12 bits per heavy atom. The van der Waals surface area contributed by atoms with Crippen molar-refractivity contribution in [2.75, 3.05) is 13.1 Å². The third kappa shape index (κ3) is 2.72. The highest BCUT2D eigenvalue weighted by Gasteiger charge is 2.28. The molecular formula is C11H19N3O2. The normalized spacial score (nSPS) is 31.5. The fraction of sp³-hybridized carbons (Fsp3) is 0.818. The van der Waals surface area contributed by atoms with Crippen LogP contribution in [0, 0.1) is 0 Å². The summed E-state index contributed by atoms with van der Waals surface area (Å²) in [5.41, 5.74) is 0. The molecular weight excluding hydrogens is 206 g/mol. The lowest BCUT2D eigenvalue weighted by atomic mass is 10.0. The second-order valence-electron chi connectivity index (χ2n) is 4.49. The summed E-state index contributed by atoms with van der Waals surface area (Å²) in [6, 6.07) is -0.390. The predicted octanol–water partition coefficient (Wildman–Crippen LogP) is -0.477. The van der Waals surface area contributed by atoms with Gasteiger partial charge < -0.3 is 10.6 Å². The third-order valence-electron chi connectivity index (χ3n) is 3.22. The molecule has 0 aromatic carbocycles. The van der Waals surface area contributed by atoms with Gasteiger partial charge in [-0.3, -0.25) is 14.9 Å². The number of nitrogens with one attached hydrogen (secondary N) is 3. The Kier molecular flexibility index (Phi) is 3.77. The number of hydrogen-bond donors (Lipinski definition) is 3. The summed E-state index contributed by atoms with van der Waals surface area (Å²) in [4.78, 5) is 23.2. The fourth-order valence-corrected chi connectivity index (χ4v) is 2.27. The Balaban J connectivity index is 1.91. The molecule has 2 amide bonds. The zero-order valence-corrected chi connectivity index (χ0v) is 9.42. The molecule has 0 aliphatic carbocycles. The number of amides is 2. The first kappa shape index (κ1) is 11.4. The van der Waals surface area contributed by atoms with Crippen LogP contribution in [-0.2, 0) is 9.59 Å². The highest BCUT2D eigenvalue weighted by Crippen LogP contribution is 2.09. The van der Waals surface area contributed by atoms with Gasteiger partial charge in [0.15, 0.2) is 0 Å². The van der Waals surface area contributed by atoms with Gasteiger partial charge in [-0.05, 0) is 32.1 Å². The maximum absolute atomic E-state index is 11.7. The van der Waals surface area contributed by atoms with E-state index in [9.17, 15) is 9.59 Å². The molecule has 2 aliphatic rings. The second kappa shape index (κ2) is 5.30. The van der Waals surface area contributed by atoms with Crippen molar-refractivity contribution >= 4 is 11.8 Å². The fourth-order valence-electron chi connectivity index (χ4n) is 2.27. The molecule has 2 fully saturated rings. The zero-order valence-electron chi connectivity index (χ0n) is 9.42. The average Bonchev–Trinajstić information content (AvgIpc) is 2.48. The third-order valence-corrected chi connectivity index (χ3v) is 3.22. The quantitative estimate of drug-likeness (QED) is 0.594. The van der Waals surface area contributed by atoms with Crippen LogP contribution in [0.1, 0.15) is 32.1 Å². The molecule has 2 saturated heterocycles. The Hall–Kier alpha value is -1.10. The largest absolute Gasteiger partial charge is 0.355 e. The Bertz CT molecular complexity index is 280. The molecule has 0 saturated carbocycles. The monoisotopic (exact) mass is 225 g/mol. The van der Waals surface area contributed by atoms with Crippen LogP contribution in [0.2, 0.25) is 0 Å². The van der Waals surface area contributed by atoms with E-state index in [0.717, 1.165) is 45.2 Å². The Labute approximate surface area is 95.3 Å². The van der Waals surface area contributed by atoms with E-state index in [2.05, 4.69) is 16.0 Å². The molecule has 5 nitrogen and oxygen atoms in total. The lowest BCUT2D eigenvalue weighted by Gasteiger charge is -2.26. The minimum absolute atomic E-state index is 0.0308. The zero-order chi connectivity index (χ0) is 11.4. The molecule has 5 heteroatoms. The smallest absolute Gasteiger partial charge is 0.237 e. The number of hydrogen-bond acceptors (Lipinski definition) is 3. The molecule has 90 valence electrons. The van der Waals surface area contributed by atoms with E-state index in [1.807, 2.05) is 0 Å². The second-order valence-corrected chi connectivity index (χ2v) is 4.49. The summed E-state index contributed by atoms with van der Waals surface area (Å²) in [6.07, 6.45) is 4.70. The molecule has 2 aliphatic heterocycles. The van der Waals surface area contributed by atoms with Crippen LogP contribution in [0.4, 0.5) is 0 Å². The number of carbonyl (C=O) groups is 2. The molecule has 3 N–H and O–H groups in total. The molecule has 2 rings (SSSR count). The van der Waals surface area contributed by atoms with E-state index in [1.165, 1.54) is 0 Å². The SMILES string of the molecule is O=C1NCCCCC1NC1CCCNC1=O. The van der Waals surface area contributed by atoms with Crippen molar-refractivity contribution in [3.63, 3.8) is 0 Å². The van der Waals surface area contributed by atoms with E-state index < -0.39 is 0 Å². The molecule has 0 spiro atoms. The van der Waals surface area contributed by atoms with Gasteiger partial charge in [-0.15, -0.1) is 0 Å². The van der Waals surface area contributed by atoms with Crippen molar-refractivity contribution in [3.05, 3.63) is 0 Å². The van der Waals surface area contributed by atoms with Crippen LogP contribution in [0.25, 0.3) is 0 Å². The van der Waals surface area contributed by atoms with E-state index in [4.69, 9.17) is 0 Å². The maximum atomic E-state index is 11.7. The standard InChI is InChI=1S/C11H19N3O2/c15-10-8(4-1-2-6-12-10)14-9-5-3-7-13-11(9)16/h8-9,14H,1-7H2,(H,12,15)(H,13,16). The highest BCUT2D eigenvalue weighted by molar-refractivity contribution is 5.85. The molecule has 2 heterocycles. The summed E-state index contributed by atoms with van der Waals surface area (Å²) in [5, 5.41) is 8.86. The van der Waals surface area contributed by atoms with Crippen LogP contribution < -0.4 is 16.0 Å². The summed E-state index contributed by atoms with van der Waals surface area (Å²) in [7, 11) is 0. The lowest BCUT2D eigenvalue weighted by molar-refractivity contribution is -0.126. The topological polar surface area (TPSA) is 70.2 Å². The highest BCUT2D eigenvalue weighted by atomic mass is 16.2. The van der Waals surface area contributed by atoms with Gasteiger partial charge in [0.2, 0.25) is 11.8 Å². The molecule has 0 aromatic heterocycles. The first-order chi connectivity index (χ1) is 7.77. The molecule has 2 atom stereocenters. The average molecular weight is 225 g/mol. The summed E-state index contributed by atoms with van der Waals surface area (Å²) in [5.74, 6) is 0.0687. The van der Waals surface area contributed by atoms with Gasteiger partial charge >= 0.3 is 0 Å². The van der Waals surface area contributed by atoms with Crippen molar-refractivity contribution in [1.82, 2.24) is 16.0 Å². The minimum atomic E-state index is -0.198. The molecule has 0 aromatic rings. The van der Waals surface area contributed by atoms with Crippen molar-refractivity contribution in [3.8, 4) is 0 Å². The maximum Gasteiger partial charge on any atom is 0.237 e. The molecule has 2 unspecified atom stereocenters. The van der Waals surface area contributed by atoms with Crippen molar-refractivity contribution in [2.24, 2.45) is 0 Å². The number of piperidine rings is 1. The summed E-state index contributed by atoms with van der Waals surface area (Å²) < 4.78 is 0. The number of rotatable bonds is 2.